The van der Waals surface area contributed by atoms with E-state index in [-0.39, 0.29) is 12.4 Å². The number of halogens is 1. The topological polar surface area (TPSA) is 43.2 Å². The van der Waals surface area contributed by atoms with E-state index in [9.17, 15) is 0 Å². The number of hydrogen-bond acceptors (Lipinski definition) is 4. The third kappa shape index (κ3) is 4.74. The summed E-state index contributed by atoms with van der Waals surface area (Å²) in [6.45, 7) is 11.2. The average Bonchev–Trinajstić information content (AvgIpc) is 3.29. The lowest BCUT2D eigenvalue weighted by Gasteiger charge is -2.38. The molecule has 2 aromatic carbocycles. The maximum atomic E-state index is 6.27. The Morgan fingerprint density at radius 3 is 2.51 bits per heavy atom. The van der Waals surface area contributed by atoms with Gasteiger partial charge in [-0.25, -0.2) is 4.98 Å². The average molecular weight is 529 g/mol. The van der Waals surface area contributed by atoms with Crippen molar-refractivity contribution in [2.45, 2.75) is 46.4 Å². The smallest absolute Gasteiger partial charge is 0.404 e. The normalized spacial score (nSPS) is 13.1. The van der Waals surface area contributed by atoms with Crippen LogP contribution in [0.1, 0.15) is 40.2 Å². The van der Waals surface area contributed by atoms with Crippen LogP contribution in [0.4, 0.5) is 11.5 Å². The highest BCUT2D eigenvalue weighted by atomic mass is 79.9. The number of aromatic nitrogens is 3. The van der Waals surface area contributed by atoms with Crippen LogP contribution in [0.5, 0.6) is 11.5 Å². The molecule has 0 fully saturated rings. The first kappa shape index (κ1) is 23.7. The third-order valence-electron chi connectivity index (χ3n) is 6.33. The predicted octanol–water partition coefficient (Wildman–Crippen LogP) is 7.94. The number of fused-ring (bicyclic) bond motifs is 3. The Balaban J connectivity index is 1.67. The van der Waals surface area contributed by atoms with Gasteiger partial charge in [0.1, 0.15) is 17.3 Å². The first-order valence-corrected chi connectivity index (χ1v) is 12.9. The summed E-state index contributed by atoms with van der Waals surface area (Å²) in [6.07, 6.45) is 4.75. The number of ether oxygens (including phenoxy) is 1. The summed E-state index contributed by atoms with van der Waals surface area (Å²) in [5.74, 6) is 2.98. The van der Waals surface area contributed by atoms with Gasteiger partial charge in [0, 0.05) is 34.2 Å². The van der Waals surface area contributed by atoms with Gasteiger partial charge >= 0.3 is 6.98 Å². The second kappa shape index (κ2) is 9.19. The monoisotopic (exact) mass is 528 g/mol. The molecule has 3 heterocycles. The van der Waals surface area contributed by atoms with Gasteiger partial charge in [-0.1, -0.05) is 56.6 Å². The van der Waals surface area contributed by atoms with E-state index >= 15 is 0 Å². The number of rotatable bonds is 5. The summed E-state index contributed by atoms with van der Waals surface area (Å²) in [7, 11) is 0. The van der Waals surface area contributed by atoms with Crippen LogP contribution in [0.3, 0.4) is 0 Å². The first-order chi connectivity index (χ1) is 16.7. The number of nitrogens with zero attached hydrogens (tertiary/aromatic N) is 4. The molecule has 2 aromatic heterocycles. The molecule has 0 saturated carbocycles. The highest BCUT2D eigenvalue weighted by Crippen LogP contribution is 2.44. The maximum Gasteiger partial charge on any atom is 0.404 e. The minimum absolute atomic E-state index is 0.0105. The fourth-order valence-electron chi connectivity index (χ4n) is 4.61. The molecule has 5 rings (SSSR count). The molecule has 4 aromatic rings. The summed E-state index contributed by atoms with van der Waals surface area (Å²) in [5.41, 5.74) is 4.58. The Hall–Kier alpha value is -3.06. The molecule has 7 heteroatoms. The van der Waals surface area contributed by atoms with Gasteiger partial charge in [0.05, 0.1) is 5.69 Å². The lowest BCUT2D eigenvalue weighted by Crippen LogP contribution is -2.47. The van der Waals surface area contributed by atoms with E-state index in [0.29, 0.717) is 5.92 Å². The molecule has 0 unspecified atom stereocenters. The van der Waals surface area contributed by atoms with Crippen molar-refractivity contribution in [2.24, 2.45) is 5.92 Å². The zero-order valence-electron chi connectivity index (χ0n) is 20.9. The van der Waals surface area contributed by atoms with Crippen LogP contribution in [0.15, 0.2) is 77.5 Å². The lowest BCUT2D eigenvalue weighted by molar-refractivity contribution is 0.482. The molecular weight excluding hydrogens is 499 g/mol. The zero-order chi connectivity index (χ0) is 24.7. The molecule has 178 valence electrons. The van der Waals surface area contributed by atoms with Gasteiger partial charge in [0.15, 0.2) is 0 Å². The van der Waals surface area contributed by atoms with E-state index in [1.54, 1.807) is 0 Å². The van der Waals surface area contributed by atoms with Gasteiger partial charge in [0.2, 0.25) is 0 Å². The number of anilines is 2. The van der Waals surface area contributed by atoms with Crippen LogP contribution >= 0.6 is 15.9 Å². The van der Waals surface area contributed by atoms with Gasteiger partial charge in [-0.3, -0.25) is 4.59 Å². The Morgan fingerprint density at radius 2 is 1.77 bits per heavy atom. The van der Waals surface area contributed by atoms with Crippen LogP contribution in [-0.2, 0) is 5.41 Å². The van der Waals surface area contributed by atoms with Crippen molar-refractivity contribution < 1.29 is 4.74 Å². The minimum Gasteiger partial charge on any atom is -0.457 e. The molecule has 0 spiro atoms. The van der Waals surface area contributed by atoms with Gasteiger partial charge < -0.3 is 9.55 Å². The van der Waals surface area contributed by atoms with Crippen LogP contribution in [-0.4, -0.2) is 21.7 Å². The van der Waals surface area contributed by atoms with Crippen molar-refractivity contribution in [3.63, 3.8) is 0 Å². The molecule has 0 bridgehead atoms. The predicted molar refractivity (Wildman–Crippen MR) is 148 cm³/mol. The summed E-state index contributed by atoms with van der Waals surface area (Å²) in [6, 6.07) is 20.6. The number of hydrogen-bond donors (Lipinski definition) is 0. The second-order valence-electron chi connectivity index (χ2n) is 10.5. The van der Waals surface area contributed by atoms with Crippen molar-refractivity contribution in [3.05, 3.63) is 83.1 Å². The molecular formula is C28H30BBrN4O. The highest BCUT2D eigenvalue weighted by Gasteiger charge is 2.38. The Bertz CT molecular complexity index is 1360. The highest BCUT2D eigenvalue weighted by molar-refractivity contribution is 9.10. The van der Waals surface area contributed by atoms with Crippen molar-refractivity contribution >= 4 is 34.4 Å². The van der Waals surface area contributed by atoms with Gasteiger partial charge in [0.25, 0.3) is 0 Å². The molecule has 35 heavy (non-hydrogen) atoms. The van der Waals surface area contributed by atoms with Crippen LogP contribution in [0.2, 0.25) is 6.32 Å². The summed E-state index contributed by atoms with van der Waals surface area (Å²) in [4.78, 5) is 7.19. The minimum atomic E-state index is 0.0105. The molecule has 0 saturated heterocycles. The largest absolute Gasteiger partial charge is 0.457 e. The molecule has 1 aliphatic rings. The van der Waals surface area contributed by atoms with Gasteiger partial charge in [-0.15, -0.1) is 0 Å². The van der Waals surface area contributed by atoms with Gasteiger partial charge in [-0.2, -0.15) is 5.10 Å². The summed E-state index contributed by atoms with van der Waals surface area (Å²) >= 11 is 3.54. The van der Waals surface area contributed by atoms with Crippen molar-refractivity contribution in [2.75, 3.05) is 4.81 Å². The van der Waals surface area contributed by atoms with Crippen molar-refractivity contribution in [1.82, 2.24) is 14.7 Å². The Morgan fingerprint density at radius 1 is 0.971 bits per heavy atom. The molecule has 0 aliphatic carbocycles. The third-order valence-corrected chi connectivity index (χ3v) is 6.82. The van der Waals surface area contributed by atoms with E-state index in [4.69, 9.17) is 14.8 Å². The first-order valence-electron chi connectivity index (χ1n) is 12.1. The number of pyridine rings is 1. The van der Waals surface area contributed by atoms with E-state index < -0.39 is 0 Å². The zero-order valence-corrected chi connectivity index (χ0v) is 22.5. The van der Waals surface area contributed by atoms with E-state index in [2.05, 4.69) is 90.3 Å². The molecule has 0 atom stereocenters. The van der Waals surface area contributed by atoms with Crippen molar-refractivity contribution in [1.29, 1.82) is 0 Å². The van der Waals surface area contributed by atoms with E-state index in [0.717, 1.165) is 45.1 Å². The van der Waals surface area contributed by atoms with Gasteiger partial charge in [-0.05, 0) is 71.7 Å². The summed E-state index contributed by atoms with van der Waals surface area (Å²) < 4.78 is 9.40. The summed E-state index contributed by atoms with van der Waals surface area (Å²) in [5, 5.41) is 4.75. The SMILES string of the molecule is CC(C)CB1N(c2cc(C(C)(C)C)ccn2)c2cc(Oc3cccc(Br)c3)ccc2-c2ccnn21. The van der Waals surface area contributed by atoms with Crippen LogP contribution in [0, 0.1) is 5.92 Å². The standard InChI is InChI=1S/C28H30BBrN4O/c1-19(2)18-29-33(27-15-20(11-13-31-27)28(3,4)5)26-17-23(35-22-8-6-7-21(30)16-22)9-10-24(26)25-12-14-32-34(25)29/h6-17,19H,18H2,1-5H3. The molecule has 0 N–H and O–H groups in total. The second-order valence-corrected chi connectivity index (χ2v) is 11.4. The fourth-order valence-corrected chi connectivity index (χ4v) is 4.99. The van der Waals surface area contributed by atoms with Crippen molar-refractivity contribution in [3.8, 4) is 22.8 Å². The quantitative estimate of drug-likeness (QED) is 0.246. The fraction of sp³-hybridized carbons (Fsp3) is 0.286. The Labute approximate surface area is 216 Å². The molecule has 0 radical (unpaired) electrons. The van der Waals surface area contributed by atoms with Crippen LogP contribution in [0.25, 0.3) is 11.3 Å². The molecule has 1 aliphatic heterocycles. The maximum absolute atomic E-state index is 6.27. The lowest BCUT2D eigenvalue weighted by atomic mass is 9.63. The van der Waals surface area contributed by atoms with E-state index in [1.165, 1.54) is 5.56 Å². The molecule has 0 amide bonds. The van der Waals surface area contributed by atoms with E-state index in [1.807, 2.05) is 42.7 Å². The van der Waals surface area contributed by atoms with Crippen LogP contribution < -0.4 is 9.55 Å². The number of benzene rings is 2. The Kier molecular flexibility index (Phi) is 6.22. The molecule has 5 nitrogen and oxygen atoms in total.